The lowest BCUT2D eigenvalue weighted by Gasteiger charge is -2.15. The number of rotatable bonds is 6. The average molecular weight is 333 g/mol. The van der Waals surface area contributed by atoms with Crippen LogP contribution in [0.2, 0.25) is 0 Å². The highest BCUT2D eigenvalue weighted by atomic mass is 79.9. The highest BCUT2D eigenvalue weighted by molar-refractivity contribution is 9.10. The summed E-state index contributed by atoms with van der Waals surface area (Å²) in [5.41, 5.74) is 3.00. The third kappa shape index (κ3) is 2.89. The molecule has 0 unspecified atom stereocenters. The van der Waals surface area contributed by atoms with Gasteiger partial charge in [-0.1, -0.05) is 41.4 Å². The van der Waals surface area contributed by atoms with Gasteiger partial charge in [0.05, 0.1) is 5.52 Å². The summed E-state index contributed by atoms with van der Waals surface area (Å²) in [4.78, 5) is 4.54. The van der Waals surface area contributed by atoms with Gasteiger partial charge in [0.15, 0.2) is 0 Å². The Morgan fingerprint density at radius 3 is 2.90 bits per heavy atom. The molecule has 106 valence electrons. The molecule has 0 radical (unpaired) electrons. The molecule has 0 saturated heterocycles. The minimum atomic E-state index is 0.605. The van der Waals surface area contributed by atoms with Gasteiger partial charge < -0.3 is 5.32 Å². The Bertz CT molecular complexity index is 605. The van der Waals surface area contributed by atoms with Crippen molar-refractivity contribution in [1.82, 2.24) is 10.3 Å². The minimum absolute atomic E-state index is 0.605. The van der Waals surface area contributed by atoms with E-state index >= 15 is 0 Å². The van der Waals surface area contributed by atoms with Crippen molar-refractivity contribution in [1.29, 1.82) is 0 Å². The lowest BCUT2D eigenvalue weighted by Crippen LogP contribution is -2.23. The molecule has 0 aliphatic heterocycles. The zero-order chi connectivity index (χ0) is 14.0. The number of benzene rings is 1. The van der Waals surface area contributed by atoms with Crippen LogP contribution in [0.1, 0.15) is 38.2 Å². The maximum atomic E-state index is 4.54. The van der Waals surface area contributed by atoms with Crippen LogP contribution in [-0.4, -0.2) is 11.5 Å². The maximum Gasteiger partial charge on any atom is 0.0758 e. The summed E-state index contributed by atoms with van der Waals surface area (Å²) in [7, 11) is 0. The van der Waals surface area contributed by atoms with E-state index in [1.54, 1.807) is 0 Å². The molecule has 1 saturated carbocycles. The molecule has 3 heteroatoms. The Labute approximate surface area is 129 Å². The van der Waals surface area contributed by atoms with Gasteiger partial charge in [0, 0.05) is 29.1 Å². The normalized spacial score (nSPS) is 16.5. The van der Waals surface area contributed by atoms with Gasteiger partial charge in [0.25, 0.3) is 0 Å². The third-order valence-electron chi connectivity index (χ3n) is 4.35. The monoisotopic (exact) mass is 332 g/mol. The number of nitrogens with zero attached hydrogens (tertiary/aromatic N) is 1. The summed E-state index contributed by atoms with van der Waals surface area (Å²) in [6.45, 7) is 4.34. The summed E-state index contributed by atoms with van der Waals surface area (Å²) < 4.78 is 1.12. The summed E-state index contributed by atoms with van der Waals surface area (Å²) >= 11 is 3.60. The fourth-order valence-electron chi connectivity index (χ4n) is 3.02. The van der Waals surface area contributed by atoms with Crippen LogP contribution in [0.4, 0.5) is 0 Å². The number of nitrogens with one attached hydrogen (secondary N) is 1. The topological polar surface area (TPSA) is 24.9 Å². The number of halogens is 1. The van der Waals surface area contributed by atoms with Crippen molar-refractivity contribution < 1.29 is 0 Å². The maximum absolute atomic E-state index is 4.54. The highest BCUT2D eigenvalue weighted by Gasteiger charge is 2.40. The van der Waals surface area contributed by atoms with Gasteiger partial charge in [0.2, 0.25) is 0 Å². The zero-order valence-corrected chi connectivity index (χ0v) is 13.5. The molecule has 2 aromatic rings. The van der Waals surface area contributed by atoms with Crippen LogP contribution in [0.3, 0.4) is 0 Å². The molecule has 0 bridgehead atoms. The van der Waals surface area contributed by atoms with Crippen molar-refractivity contribution in [2.45, 2.75) is 39.2 Å². The predicted molar refractivity (Wildman–Crippen MR) is 87.7 cm³/mol. The summed E-state index contributed by atoms with van der Waals surface area (Å²) in [5.74, 6) is 0. The van der Waals surface area contributed by atoms with E-state index in [2.05, 4.69) is 51.4 Å². The Hall–Kier alpha value is -0.930. The first-order valence-corrected chi connectivity index (χ1v) is 8.26. The molecule has 1 aromatic carbocycles. The molecule has 1 aliphatic rings. The van der Waals surface area contributed by atoms with E-state index in [1.807, 2.05) is 12.3 Å². The average Bonchev–Trinajstić information content (AvgIpc) is 3.22. The van der Waals surface area contributed by atoms with Gasteiger partial charge in [-0.3, -0.25) is 4.98 Å². The van der Waals surface area contributed by atoms with Crippen LogP contribution in [0.5, 0.6) is 0 Å². The number of hydrogen-bond acceptors (Lipinski definition) is 2. The standard InChI is InChI=1S/C17H21BrN2/c1-2-7-17(8-9-17)12-19-11-13-5-6-15(18)14-4-3-10-20-16(13)14/h3-6,10,19H,2,7-9,11-12H2,1H3. The van der Waals surface area contributed by atoms with Crippen molar-refractivity contribution >= 4 is 26.8 Å². The first-order chi connectivity index (χ1) is 9.74. The summed E-state index contributed by atoms with van der Waals surface area (Å²) in [5, 5.41) is 4.84. The second-order valence-corrected chi connectivity index (χ2v) is 6.81. The molecule has 20 heavy (non-hydrogen) atoms. The molecule has 0 amide bonds. The van der Waals surface area contributed by atoms with Crippen molar-refractivity contribution in [2.24, 2.45) is 5.41 Å². The van der Waals surface area contributed by atoms with E-state index < -0.39 is 0 Å². The SMILES string of the molecule is CCCC1(CNCc2ccc(Br)c3cccnc23)CC1. The number of fused-ring (bicyclic) bond motifs is 1. The predicted octanol–water partition coefficient (Wildman–Crippen LogP) is 4.67. The van der Waals surface area contributed by atoms with E-state index in [4.69, 9.17) is 0 Å². The third-order valence-corrected chi connectivity index (χ3v) is 5.04. The molecular formula is C17H21BrN2. The van der Waals surface area contributed by atoms with Gasteiger partial charge in [-0.2, -0.15) is 0 Å². The molecule has 3 rings (SSSR count). The molecule has 1 aliphatic carbocycles. The second-order valence-electron chi connectivity index (χ2n) is 5.96. The van der Waals surface area contributed by atoms with Crippen LogP contribution >= 0.6 is 15.9 Å². The molecule has 1 N–H and O–H groups in total. The Morgan fingerprint density at radius 1 is 1.30 bits per heavy atom. The highest BCUT2D eigenvalue weighted by Crippen LogP contribution is 2.48. The number of aromatic nitrogens is 1. The largest absolute Gasteiger partial charge is 0.312 e. The van der Waals surface area contributed by atoms with Gasteiger partial charge in [0.1, 0.15) is 0 Å². The van der Waals surface area contributed by atoms with Crippen LogP contribution < -0.4 is 5.32 Å². The van der Waals surface area contributed by atoms with E-state index in [1.165, 1.54) is 36.6 Å². The fraction of sp³-hybridized carbons (Fsp3) is 0.471. The van der Waals surface area contributed by atoms with E-state index in [-0.39, 0.29) is 0 Å². The number of hydrogen-bond donors (Lipinski definition) is 1. The summed E-state index contributed by atoms with van der Waals surface area (Å²) in [6, 6.07) is 8.41. The van der Waals surface area contributed by atoms with Crippen LogP contribution in [-0.2, 0) is 6.54 Å². The van der Waals surface area contributed by atoms with Gasteiger partial charge in [-0.15, -0.1) is 0 Å². The Kier molecular flexibility index (Phi) is 4.08. The van der Waals surface area contributed by atoms with Crippen molar-refractivity contribution in [3.8, 4) is 0 Å². The molecule has 1 heterocycles. The van der Waals surface area contributed by atoms with Crippen molar-refractivity contribution in [3.05, 3.63) is 40.5 Å². The Balaban J connectivity index is 1.70. The van der Waals surface area contributed by atoms with Gasteiger partial charge in [-0.05, 0) is 42.4 Å². The lowest BCUT2D eigenvalue weighted by atomic mass is 10.0. The van der Waals surface area contributed by atoms with Crippen molar-refractivity contribution in [3.63, 3.8) is 0 Å². The van der Waals surface area contributed by atoms with Crippen LogP contribution in [0.25, 0.3) is 10.9 Å². The molecule has 1 fully saturated rings. The molecule has 0 atom stereocenters. The van der Waals surface area contributed by atoms with E-state index in [0.717, 1.165) is 23.1 Å². The molecule has 2 nitrogen and oxygen atoms in total. The van der Waals surface area contributed by atoms with E-state index in [9.17, 15) is 0 Å². The minimum Gasteiger partial charge on any atom is -0.312 e. The van der Waals surface area contributed by atoms with Crippen LogP contribution in [0, 0.1) is 5.41 Å². The van der Waals surface area contributed by atoms with E-state index in [0.29, 0.717) is 5.41 Å². The number of pyridine rings is 1. The first kappa shape index (κ1) is 14.0. The van der Waals surface area contributed by atoms with Gasteiger partial charge in [-0.25, -0.2) is 0 Å². The Morgan fingerprint density at radius 2 is 2.15 bits per heavy atom. The summed E-state index contributed by atoms with van der Waals surface area (Å²) in [6.07, 6.45) is 7.32. The van der Waals surface area contributed by atoms with Gasteiger partial charge >= 0.3 is 0 Å². The van der Waals surface area contributed by atoms with Crippen LogP contribution in [0.15, 0.2) is 34.9 Å². The zero-order valence-electron chi connectivity index (χ0n) is 12.0. The van der Waals surface area contributed by atoms with Crippen molar-refractivity contribution in [2.75, 3.05) is 6.54 Å². The first-order valence-electron chi connectivity index (χ1n) is 7.47. The molecule has 1 aromatic heterocycles. The quantitative estimate of drug-likeness (QED) is 0.831. The second kappa shape index (κ2) is 5.82. The molecular weight excluding hydrogens is 312 g/mol. The molecule has 0 spiro atoms. The fourth-order valence-corrected chi connectivity index (χ4v) is 3.48. The smallest absolute Gasteiger partial charge is 0.0758 e. The lowest BCUT2D eigenvalue weighted by molar-refractivity contribution is 0.421.